The van der Waals surface area contributed by atoms with E-state index in [0.717, 1.165) is 6.20 Å². The van der Waals surface area contributed by atoms with Crippen LogP contribution in [0.2, 0.25) is 0 Å². The first kappa shape index (κ1) is 11.5. The number of aromatic nitrogens is 2. The molecule has 1 unspecified atom stereocenters. The summed E-state index contributed by atoms with van der Waals surface area (Å²) >= 11 is 0. The molecule has 5 nitrogen and oxygen atoms in total. The van der Waals surface area contributed by atoms with Crippen molar-refractivity contribution in [2.75, 3.05) is 0 Å². The number of carbonyl (C=O) groups is 1. The number of nitrogens with zero attached hydrogens (tertiary/aromatic N) is 1. The number of carboxylic acids is 1. The molecule has 0 fully saturated rings. The first-order chi connectivity index (χ1) is 6.82. The van der Waals surface area contributed by atoms with Crippen LogP contribution in [0.25, 0.3) is 0 Å². The fourth-order valence-corrected chi connectivity index (χ4v) is 1.10. The van der Waals surface area contributed by atoms with E-state index in [1.54, 1.807) is 5.10 Å². The summed E-state index contributed by atoms with van der Waals surface area (Å²) in [7, 11) is 0. The van der Waals surface area contributed by atoms with Crippen LogP contribution in [0.15, 0.2) is 6.20 Å². The summed E-state index contributed by atoms with van der Waals surface area (Å²) in [6.45, 7) is 0. The number of H-pyrrole nitrogens is 1. The summed E-state index contributed by atoms with van der Waals surface area (Å²) in [6.07, 6.45) is -4.30. The molecule has 1 rings (SSSR count). The second-order valence-electron chi connectivity index (χ2n) is 2.90. The number of nitrogens with two attached hydrogens (primary N) is 1. The summed E-state index contributed by atoms with van der Waals surface area (Å²) in [5, 5.41) is 13.3. The number of aliphatic carboxylic acids is 1. The molecule has 1 atom stereocenters. The van der Waals surface area contributed by atoms with Gasteiger partial charge in [0.15, 0.2) is 0 Å². The van der Waals surface area contributed by atoms with E-state index in [9.17, 15) is 18.0 Å². The van der Waals surface area contributed by atoms with Crippen LogP contribution in [0.3, 0.4) is 0 Å². The van der Waals surface area contributed by atoms with Gasteiger partial charge in [-0.25, -0.2) is 0 Å². The Balaban J connectivity index is 2.95. The van der Waals surface area contributed by atoms with Crippen molar-refractivity contribution in [3.8, 4) is 0 Å². The van der Waals surface area contributed by atoms with Gasteiger partial charge in [-0.3, -0.25) is 9.89 Å². The lowest BCUT2D eigenvalue weighted by atomic mass is 10.1. The maximum Gasteiger partial charge on any atom is 0.433 e. The average molecular weight is 223 g/mol. The third-order valence-corrected chi connectivity index (χ3v) is 1.75. The van der Waals surface area contributed by atoms with E-state index >= 15 is 0 Å². The van der Waals surface area contributed by atoms with Crippen molar-refractivity contribution < 1.29 is 23.1 Å². The van der Waals surface area contributed by atoms with Crippen molar-refractivity contribution in [1.29, 1.82) is 0 Å². The van der Waals surface area contributed by atoms with Crippen LogP contribution in [0, 0.1) is 0 Å². The number of aromatic amines is 1. The van der Waals surface area contributed by atoms with Gasteiger partial charge >= 0.3 is 12.1 Å². The summed E-state index contributed by atoms with van der Waals surface area (Å²) in [5.41, 5.74) is 3.85. The van der Waals surface area contributed by atoms with E-state index < -0.39 is 30.3 Å². The summed E-state index contributed by atoms with van der Waals surface area (Å²) in [5.74, 6) is -1.27. The van der Waals surface area contributed by atoms with Crippen LogP contribution >= 0.6 is 0 Å². The Morgan fingerprint density at radius 3 is 2.73 bits per heavy atom. The Labute approximate surface area is 82.1 Å². The Kier molecular flexibility index (Phi) is 2.98. The lowest BCUT2D eigenvalue weighted by Crippen LogP contribution is -2.19. The minimum atomic E-state index is -4.61. The second-order valence-corrected chi connectivity index (χ2v) is 2.90. The lowest BCUT2D eigenvalue weighted by Gasteiger charge is -2.11. The van der Waals surface area contributed by atoms with Crippen molar-refractivity contribution in [3.63, 3.8) is 0 Å². The third-order valence-electron chi connectivity index (χ3n) is 1.75. The lowest BCUT2D eigenvalue weighted by molar-refractivity contribution is -0.143. The molecule has 84 valence electrons. The van der Waals surface area contributed by atoms with E-state index in [0.29, 0.717) is 0 Å². The Morgan fingerprint density at radius 2 is 2.27 bits per heavy atom. The number of halogens is 3. The van der Waals surface area contributed by atoms with Crippen LogP contribution < -0.4 is 5.73 Å². The standard InChI is InChI=1S/C7H8F3N3O2/c8-7(9,10)6-3(2-12-13-6)4(11)1-5(14)15/h2,4H,1,11H2,(H,12,13)(H,14,15). The largest absolute Gasteiger partial charge is 0.481 e. The highest BCUT2D eigenvalue weighted by Crippen LogP contribution is 2.32. The SMILES string of the molecule is NC(CC(=O)O)c1cn[nH]c1C(F)(F)F. The van der Waals surface area contributed by atoms with Gasteiger partial charge in [-0.05, 0) is 0 Å². The van der Waals surface area contributed by atoms with Gasteiger partial charge in [0.1, 0.15) is 5.69 Å². The summed E-state index contributed by atoms with van der Waals surface area (Å²) in [6, 6.07) is -1.22. The van der Waals surface area contributed by atoms with E-state index in [1.165, 1.54) is 0 Å². The van der Waals surface area contributed by atoms with Gasteiger partial charge in [0.2, 0.25) is 0 Å². The molecule has 1 aromatic rings. The van der Waals surface area contributed by atoms with E-state index in [1.807, 2.05) is 0 Å². The Morgan fingerprint density at radius 1 is 1.67 bits per heavy atom. The topological polar surface area (TPSA) is 92.0 Å². The fourth-order valence-electron chi connectivity index (χ4n) is 1.10. The van der Waals surface area contributed by atoms with Crippen LogP contribution in [0.5, 0.6) is 0 Å². The first-order valence-electron chi connectivity index (χ1n) is 3.90. The number of hydrogen-bond acceptors (Lipinski definition) is 3. The van der Waals surface area contributed by atoms with Crippen molar-refractivity contribution in [2.45, 2.75) is 18.6 Å². The number of nitrogens with one attached hydrogen (secondary N) is 1. The molecule has 0 aliphatic carbocycles. The molecule has 0 amide bonds. The molecule has 0 radical (unpaired) electrons. The molecule has 0 spiro atoms. The van der Waals surface area contributed by atoms with Gasteiger partial charge in [0.05, 0.1) is 12.6 Å². The molecule has 4 N–H and O–H groups in total. The van der Waals surface area contributed by atoms with Crippen LogP contribution in [-0.4, -0.2) is 21.3 Å². The zero-order valence-corrected chi connectivity index (χ0v) is 7.38. The predicted octanol–water partition coefficient (Wildman–Crippen LogP) is 0.903. The van der Waals surface area contributed by atoms with Crippen LogP contribution in [0.1, 0.15) is 23.7 Å². The molecule has 0 aromatic carbocycles. The Bertz CT molecular complexity index is 361. The van der Waals surface area contributed by atoms with Crippen LogP contribution in [-0.2, 0) is 11.0 Å². The Hall–Kier alpha value is -1.57. The second kappa shape index (κ2) is 3.89. The normalized spacial score (nSPS) is 13.9. The molecule has 0 bridgehead atoms. The highest BCUT2D eigenvalue weighted by Gasteiger charge is 2.37. The molecule has 0 aliphatic rings. The molecule has 1 heterocycles. The van der Waals surface area contributed by atoms with Gasteiger partial charge in [0, 0.05) is 11.6 Å². The van der Waals surface area contributed by atoms with Gasteiger partial charge in [0.25, 0.3) is 0 Å². The first-order valence-corrected chi connectivity index (χ1v) is 3.90. The van der Waals surface area contributed by atoms with Gasteiger partial charge < -0.3 is 10.8 Å². The number of alkyl halides is 3. The third kappa shape index (κ3) is 2.69. The zero-order chi connectivity index (χ0) is 11.6. The van der Waals surface area contributed by atoms with Crippen molar-refractivity contribution in [3.05, 3.63) is 17.5 Å². The van der Waals surface area contributed by atoms with E-state index in [4.69, 9.17) is 10.8 Å². The fraction of sp³-hybridized carbons (Fsp3) is 0.429. The smallest absolute Gasteiger partial charge is 0.433 e. The molecule has 15 heavy (non-hydrogen) atoms. The van der Waals surface area contributed by atoms with E-state index in [-0.39, 0.29) is 5.56 Å². The number of carboxylic acid groups (broad SMARTS) is 1. The number of hydrogen-bond donors (Lipinski definition) is 3. The van der Waals surface area contributed by atoms with E-state index in [2.05, 4.69) is 5.10 Å². The maximum absolute atomic E-state index is 12.3. The predicted molar refractivity (Wildman–Crippen MR) is 42.8 cm³/mol. The summed E-state index contributed by atoms with van der Waals surface area (Å²) < 4.78 is 36.9. The number of rotatable bonds is 3. The molecule has 1 aromatic heterocycles. The minimum Gasteiger partial charge on any atom is -0.481 e. The molecule has 8 heteroatoms. The minimum absolute atomic E-state index is 0.343. The molecule has 0 saturated carbocycles. The van der Waals surface area contributed by atoms with Crippen molar-refractivity contribution in [1.82, 2.24) is 10.2 Å². The van der Waals surface area contributed by atoms with Crippen LogP contribution in [0.4, 0.5) is 13.2 Å². The van der Waals surface area contributed by atoms with Gasteiger partial charge in [-0.15, -0.1) is 0 Å². The van der Waals surface area contributed by atoms with Crippen molar-refractivity contribution >= 4 is 5.97 Å². The quantitative estimate of drug-likeness (QED) is 0.709. The highest BCUT2D eigenvalue weighted by molar-refractivity contribution is 5.67. The summed E-state index contributed by atoms with van der Waals surface area (Å²) in [4.78, 5) is 10.3. The van der Waals surface area contributed by atoms with Gasteiger partial charge in [-0.1, -0.05) is 0 Å². The maximum atomic E-state index is 12.3. The molecular formula is C7H8F3N3O2. The molecular weight excluding hydrogens is 215 g/mol. The average Bonchev–Trinajstić information content (AvgIpc) is 2.48. The molecule has 0 saturated heterocycles. The van der Waals surface area contributed by atoms with Gasteiger partial charge in [-0.2, -0.15) is 18.3 Å². The highest BCUT2D eigenvalue weighted by atomic mass is 19.4. The van der Waals surface area contributed by atoms with Crippen molar-refractivity contribution in [2.24, 2.45) is 5.73 Å². The monoisotopic (exact) mass is 223 g/mol. The zero-order valence-electron chi connectivity index (χ0n) is 7.38. The molecule has 0 aliphatic heterocycles.